The molecule has 1 amide bonds. The molecule has 1 aliphatic rings. The van der Waals surface area contributed by atoms with E-state index >= 15 is 0 Å². The number of rotatable bonds is 4. The van der Waals surface area contributed by atoms with Crippen LogP contribution in [0.4, 0.5) is 11.8 Å². The van der Waals surface area contributed by atoms with Crippen molar-refractivity contribution in [2.75, 3.05) is 10.6 Å². The molecule has 0 saturated heterocycles. The number of aliphatic hydroxyl groups is 1. The van der Waals surface area contributed by atoms with Crippen LogP contribution in [0.1, 0.15) is 56.8 Å². The SMILES string of the molecule is CC(C)(C)Nc1nc(NC2CCCC(O)C2)ncc1C(N)=O. The van der Waals surface area contributed by atoms with Crippen LogP contribution in [0.5, 0.6) is 0 Å². The number of nitrogens with one attached hydrogen (secondary N) is 2. The number of nitrogens with two attached hydrogens (primary N) is 1. The molecule has 0 bridgehead atoms. The van der Waals surface area contributed by atoms with Gasteiger partial charge in [0, 0.05) is 17.8 Å². The number of hydrogen-bond acceptors (Lipinski definition) is 6. The first-order valence-electron chi connectivity index (χ1n) is 7.64. The van der Waals surface area contributed by atoms with Gasteiger partial charge in [0.25, 0.3) is 5.91 Å². The van der Waals surface area contributed by atoms with Crippen LogP contribution in [0.25, 0.3) is 0 Å². The molecule has 7 nitrogen and oxygen atoms in total. The number of aromatic nitrogens is 2. The molecule has 1 saturated carbocycles. The maximum atomic E-state index is 11.5. The molecule has 5 N–H and O–H groups in total. The maximum Gasteiger partial charge on any atom is 0.254 e. The third kappa shape index (κ3) is 4.56. The van der Waals surface area contributed by atoms with E-state index in [1.54, 1.807) is 0 Å². The number of anilines is 2. The van der Waals surface area contributed by atoms with Crippen molar-refractivity contribution in [3.63, 3.8) is 0 Å². The van der Waals surface area contributed by atoms with Gasteiger partial charge in [-0.3, -0.25) is 4.79 Å². The molecule has 0 radical (unpaired) electrons. The van der Waals surface area contributed by atoms with E-state index in [0.29, 0.717) is 18.2 Å². The van der Waals surface area contributed by atoms with Gasteiger partial charge in [0.05, 0.1) is 11.7 Å². The molecule has 2 unspecified atom stereocenters. The summed E-state index contributed by atoms with van der Waals surface area (Å²) >= 11 is 0. The van der Waals surface area contributed by atoms with E-state index in [9.17, 15) is 9.90 Å². The fraction of sp³-hybridized carbons (Fsp3) is 0.667. The van der Waals surface area contributed by atoms with Crippen LogP contribution in [0.15, 0.2) is 6.20 Å². The summed E-state index contributed by atoms with van der Waals surface area (Å²) in [6, 6.07) is 0.144. The smallest absolute Gasteiger partial charge is 0.254 e. The Balaban J connectivity index is 2.18. The summed E-state index contributed by atoms with van der Waals surface area (Å²) in [6.07, 6.45) is 4.64. The van der Waals surface area contributed by atoms with Crippen molar-refractivity contribution in [3.8, 4) is 0 Å². The molecule has 2 atom stereocenters. The molecule has 1 aromatic heterocycles. The van der Waals surface area contributed by atoms with Crippen molar-refractivity contribution in [2.24, 2.45) is 5.73 Å². The summed E-state index contributed by atoms with van der Waals surface area (Å²) < 4.78 is 0. The average Bonchev–Trinajstić information content (AvgIpc) is 2.36. The van der Waals surface area contributed by atoms with Crippen LogP contribution in [0, 0.1) is 0 Å². The third-order valence-corrected chi connectivity index (χ3v) is 3.53. The van der Waals surface area contributed by atoms with E-state index < -0.39 is 5.91 Å². The van der Waals surface area contributed by atoms with Gasteiger partial charge >= 0.3 is 0 Å². The highest BCUT2D eigenvalue weighted by atomic mass is 16.3. The molecule has 2 rings (SSSR count). The van der Waals surface area contributed by atoms with Crippen molar-refractivity contribution in [1.29, 1.82) is 0 Å². The van der Waals surface area contributed by atoms with Crippen LogP contribution >= 0.6 is 0 Å². The number of aliphatic hydroxyl groups excluding tert-OH is 1. The zero-order valence-electron chi connectivity index (χ0n) is 13.4. The monoisotopic (exact) mass is 307 g/mol. The minimum atomic E-state index is -0.564. The molecule has 22 heavy (non-hydrogen) atoms. The Hall–Kier alpha value is -1.89. The maximum absolute atomic E-state index is 11.5. The molecule has 1 heterocycles. The van der Waals surface area contributed by atoms with E-state index in [1.807, 2.05) is 20.8 Å². The first kappa shape index (κ1) is 16.5. The largest absolute Gasteiger partial charge is 0.393 e. The van der Waals surface area contributed by atoms with Gasteiger partial charge < -0.3 is 21.5 Å². The Labute approximate surface area is 130 Å². The second kappa shape index (κ2) is 6.48. The lowest BCUT2D eigenvalue weighted by molar-refractivity contribution is 0.100. The summed E-state index contributed by atoms with van der Waals surface area (Å²) in [5.74, 6) is 0.302. The minimum Gasteiger partial charge on any atom is -0.393 e. The molecule has 1 aliphatic carbocycles. The van der Waals surface area contributed by atoms with Crippen molar-refractivity contribution in [1.82, 2.24) is 9.97 Å². The number of amides is 1. The molecule has 7 heteroatoms. The van der Waals surface area contributed by atoms with Gasteiger partial charge in [-0.25, -0.2) is 4.98 Å². The van der Waals surface area contributed by atoms with Crippen LogP contribution < -0.4 is 16.4 Å². The van der Waals surface area contributed by atoms with E-state index in [2.05, 4.69) is 20.6 Å². The Morgan fingerprint density at radius 3 is 2.73 bits per heavy atom. The molecule has 0 aliphatic heterocycles. The standard InChI is InChI=1S/C15H25N5O2/c1-15(2,3)20-13-11(12(16)22)8-17-14(19-13)18-9-5-4-6-10(21)7-9/h8-10,21H,4-7H2,1-3H3,(H2,16,22)(H2,17,18,19,20). The lowest BCUT2D eigenvalue weighted by Gasteiger charge is -2.27. The van der Waals surface area contributed by atoms with E-state index in [4.69, 9.17) is 5.73 Å². The minimum absolute atomic E-state index is 0.144. The molecule has 0 aromatic carbocycles. The van der Waals surface area contributed by atoms with Gasteiger partial charge in [-0.1, -0.05) is 0 Å². The van der Waals surface area contributed by atoms with Gasteiger partial charge in [-0.2, -0.15) is 4.98 Å². The number of nitrogens with zero attached hydrogens (tertiary/aromatic N) is 2. The van der Waals surface area contributed by atoms with Crippen molar-refractivity contribution < 1.29 is 9.90 Å². The third-order valence-electron chi connectivity index (χ3n) is 3.53. The Morgan fingerprint density at radius 2 is 2.14 bits per heavy atom. The molecule has 122 valence electrons. The fourth-order valence-corrected chi connectivity index (χ4v) is 2.56. The highest BCUT2D eigenvalue weighted by Crippen LogP contribution is 2.23. The van der Waals surface area contributed by atoms with E-state index in [-0.39, 0.29) is 23.2 Å². The zero-order valence-corrected chi connectivity index (χ0v) is 13.4. The van der Waals surface area contributed by atoms with Crippen molar-refractivity contribution in [3.05, 3.63) is 11.8 Å². The predicted octanol–water partition coefficient (Wildman–Crippen LogP) is 1.50. The van der Waals surface area contributed by atoms with Gasteiger partial charge in [0.1, 0.15) is 5.82 Å². The Bertz CT molecular complexity index is 541. The summed E-state index contributed by atoms with van der Waals surface area (Å²) in [7, 11) is 0. The second-order valence-electron chi connectivity index (χ2n) is 6.86. The molecule has 1 fully saturated rings. The van der Waals surface area contributed by atoms with Gasteiger partial charge in [-0.05, 0) is 46.5 Å². The van der Waals surface area contributed by atoms with Gasteiger partial charge in [-0.15, -0.1) is 0 Å². The van der Waals surface area contributed by atoms with E-state index in [0.717, 1.165) is 19.3 Å². The quantitative estimate of drug-likeness (QED) is 0.670. The van der Waals surface area contributed by atoms with Crippen LogP contribution in [0.2, 0.25) is 0 Å². The fourth-order valence-electron chi connectivity index (χ4n) is 2.56. The molecule has 1 aromatic rings. The van der Waals surface area contributed by atoms with Crippen LogP contribution in [-0.4, -0.2) is 38.7 Å². The zero-order chi connectivity index (χ0) is 16.3. The summed E-state index contributed by atoms with van der Waals surface area (Å²) in [4.78, 5) is 20.0. The molecular formula is C15H25N5O2. The highest BCUT2D eigenvalue weighted by Gasteiger charge is 2.22. The first-order chi connectivity index (χ1) is 10.2. The number of carbonyl (C=O) groups excluding carboxylic acids is 1. The number of hydrogen-bond donors (Lipinski definition) is 4. The highest BCUT2D eigenvalue weighted by molar-refractivity contribution is 5.97. The topological polar surface area (TPSA) is 113 Å². The normalized spacial score (nSPS) is 22.2. The van der Waals surface area contributed by atoms with Crippen LogP contribution in [-0.2, 0) is 0 Å². The first-order valence-corrected chi connectivity index (χ1v) is 7.64. The Morgan fingerprint density at radius 1 is 1.41 bits per heavy atom. The summed E-state index contributed by atoms with van der Waals surface area (Å²) in [6.45, 7) is 5.93. The molecular weight excluding hydrogens is 282 g/mol. The summed E-state index contributed by atoms with van der Waals surface area (Å²) in [5, 5.41) is 16.1. The lowest BCUT2D eigenvalue weighted by atomic mass is 9.93. The van der Waals surface area contributed by atoms with Crippen molar-refractivity contribution >= 4 is 17.7 Å². The predicted molar refractivity (Wildman–Crippen MR) is 85.8 cm³/mol. The van der Waals surface area contributed by atoms with Crippen molar-refractivity contribution in [2.45, 2.75) is 64.1 Å². The van der Waals surface area contributed by atoms with Gasteiger partial charge in [0.2, 0.25) is 5.95 Å². The van der Waals surface area contributed by atoms with E-state index in [1.165, 1.54) is 6.20 Å². The molecule has 0 spiro atoms. The van der Waals surface area contributed by atoms with Gasteiger partial charge in [0.15, 0.2) is 0 Å². The number of primary amides is 1. The number of carbonyl (C=O) groups is 1. The second-order valence-corrected chi connectivity index (χ2v) is 6.86. The van der Waals surface area contributed by atoms with Crippen LogP contribution in [0.3, 0.4) is 0 Å². The average molecular weight is 307 g/mol. The summed E-state index contributed by atoms with van der Waals surface area (Å²) in [5.41, 5.74) is 5.39. The Kier molecular flexibility index (Phi) is 4.85. The lowest BCUT2D eigenvalue weighted by Crippen LogP contribution is -2.32.